The topological polar surface area (TPSA) is 76.1 Å². The van der Waals surface area contributed by atoms with Crippen molar-refractivity contribution in [3.05, 3.63) is 35.9 Å². The lowest BCUT2D eigenvalue weighted by Gasteiger charge is -2.38. The fourth-order valence-electron chi connectivity index (χ4n) is 3.35. The highest BCUT2D eigenvalue weighted by Gasteiger charge is 2.46. The van der Waals surface area contributed by atoms with E-state index in [9.17, 15) is 9.59 Å². The smallest absolute Gasteiger partial charge is 0.308 e. The number of carboxylic acids is 1. The SMILES string of the molecule is O=C(O)C1CCN(C(=O)C2(OCc3ccccc3)CCOCC2)C1. The molecule has 1 unspecified atom stereocenters. The standard InChI is InChI=1S/C18H23NO5/c20-16(21)15-6-9-19(12-15)17(22)18(7-10-23-11-8-18)24-13-14-4-2-1-3-5-14/h1-5,15H,6-13H2,(H,20,21). The molecule has 1 aromatic rings. The number of nitrogens with zero attached hydrogens (tertiary/aromatic N) is 1. The molecular formula is C18H23NO5. The number of rotatable bonds is 5. The molecule has 1 aromatic carbocycles. The largest absolute Gasteiger partial charge is 0.481 e. The summed E-state index contributed by atoms with van der Waals surface area (Å²) in [4.78, 5) is 25.9. The molecule has 1 N–H and O–H groups in total. The van der Waals surface area contributed by atoms with Crippen molar-refractivity contribution >= 4 is 11.9 Å². The van der Waals surface area contributed by atoms with E-state index >= 15 is 0 Å². The van der Waals surface area contributed by atoms with Crippen LogP contribution >= 0.6 is 0 Å². The van der Waals surface area contributed by atoms with E-state index in [1.54, 1.807) is 4.90 Å². The van der Waals surface area contributed by atoms with Crippen LogP contribution in [0.15, 0.2) is 30.3 Å². The summed E-state index contributed by atoms with van der Waals surface area (Å²) in [7, 11) is 0. The van der Waals surface area contributed by atoms with Gasteiger partial charge in [0, 0.05) is 39.1 Å². The van der Waals surface area contributed by atoms with E-state index in [0.29, 0.717) is 45.6 Å². The Morgan fingerprint density at radius 2 is 1.96 bits per heavy atom. The van der Waals surface area contributed by atoms with Gasteiger partial charge in [-0.1, -0.05) is 30.3 Å². The molecule has 3 rings (SSSR count). The normalized spacial score (nSPS) is 23.2. The molecule has 0 bridgehead atoms. The van der Waals surface area contributed by atoms with Crippen molar-refractivity contribution in [3.63, 3.8) is 0 Å². The van der Waals surface area contributed by atoms with E-state index in [1.165, 1.54) is 0 Å². The number of likely N-dealkylation sites (tertiary alicyclic amines) is 1. The number of carbonyl (C=O) groups excluding carboxylic acids is 1. The molecule has 2 aliphatic rings. The molecule has 0 spiro atoms. The lowest BCUT2D eigenvalue weighted by atomic mass is 9.92. The van der Waals surface area contributed by atoms with Crippen LogP contribution in [0.3, 0.4) is 0 Å². The molecule has 0 aliphatic carbocycles. The number of amides is 1. The molecule has 1 amide bonds. The van der Waals surface area contributed by atoms with Gasteiger partial charge >= 0.3 is 5.97 Å². The summed E-state index contributed by atoms with van der Waals surface area (Å²) in [6, 6.07) is 9.75. The van der Waals surface area contributed by atoms with Crippen LogP contribution in [0.5, 0.6) is 0 Å². The Kier molecular flexibility index (Phi) is 5.16. The van der Waals surface area contributed by atoms with Gasteiger partial charge in [0.1, 0.15) is 0 Å². The van der Waals surface area contributed by atoms with Crippen molar-refractivity contribution in [2.45, 2.75) is 31.5 Å². The summed E-state index contributed by atoms with van der Waals surface area (Å²) < 4.78 is 11.5. The first-order valence-corrected chi connectivity index (χ1v) is 8.38. The third-order valence-corrected chi connectivity index (χ3v) is 4.87. The predicted molar refractivity (Wildman–Crippen MR) is 86.3 cm³/mol. The summed E-state index contributed by atoms with van der Waals surface area (Å²) in [5.74, 6) is -1.40. The van der Waals surface area contributed by atoms with E-state index in [0.717, 1.165) is 5.56 Å². The second-order valence-corrected chi connectivity index (χ2v) is 6.46. The fraction of sp³-hybridized carbons (Fsp3) is 0.556. The zero-order chi connectivity index (χ0) is 17.0. The highest BCUT2D eigenvalue weighted by Crippen LogP contribution is 2.31. The predicted octanol–water partition coefficient (Wildman–Crippen LogP) is 1.69. The number of benzene rings is 1. The van der Waals surface area contributed by atoms with Gasteiger partial charge in [-0.2, -0.15) is 0 Å². The number of hydrogen-bond donors (Lipinski definition) is 1. The van der Waals surface area contributed by atoms with Crippen molar-refractivity contribution in [1.29, 1.82) is 0 Å². The van der Waals surface area contributed by atoms with Crippen molar-refractivity contribution in [1.82, 2.24) is 4.90 Å². The van der Waals surface area contributed by atoms with Gasteiger partial charge in [0.25, 0.3) is 5.91 Å². The van der Waals surface area contributed by atoms with Gasteiger partial charge in [0.05, 0.1) is 12.5 Å². The maximum Gasteiger partial charge on any atom is 0.308 e. The monoisotopic (exact) mass is 333 g/mol. The minimum Gasteiger partial charge on any atom is -0.481 e. The van der Waals surface area contributed by atoms with Gasteiger partial charge < -0.3 is 19.5 Å². The van der Waals surface area contributed by atoms with Crippen LogP contribution < -0.4 is 0 Å². The molecule has 6 nitrogen and oxygen atoms in total. The molecule has 2 heterocycles. The van der Waals surface area contributed by atoms with Gasteiger partial charge in [-0.25, -0.2) is 0 Å². The van der Waals surface area contributed by atoms with Crippen molar-refractivity contribution < 1.29 is 24.2 Å². The average molecular weight is 333 g/mol. The van der Waals surface area contributed by atoms with Gasteiger partial charge in [0.15, 0.2) is 5.60 Å². The van der Waals surface area contributed by atoms with Crippen molar-refractivity contribution in [3.8, 4) is 0 Å². The minimum atomic E-state index is -0.901. The molecule has 2 aliphatic heterocycles. The first kappa shape index (κ1) is 16.9. The zero-order valence-electron chi connectivity index (χ0n) is 13.6. The quantitative estimate of drug-likeness (QED) is 0.887. The molecule has 0 aromatic heterocycles. The van der Waals surface area contributed by atoms with Gasteiger partial charge in [0.2, 0.25) is 0 Å². The van der Waals surface area contributed by atoms with Gasteiger partial charge in [-0.15, -0.1) is 0 Å². The zero-order valence-corrected chi connectivity index (χ0v) is 13.6. The molecule has 6 heteroatoms. The number of carbonyl (C=O) groups is 2. The maximum absolute atomic E-state index is 13.1. The van der Waals surface area contributed by atoms with Crippen LogP contribution in [-0.4, -0.2) is 53.8 Å². The third kappa shape index (κ3) is 3.60. The molecule has 1 atom stereocenters. The first-order chi connectivity index (χ1) is 11.6. The summed E-state index contributed by atoms with van der Waals surface area (Å²) in [6.07, 6.45) is 1.52. The highest BCUT2D eigenvalue weighted by molar-refractivity contribution is 5.86. The van der Waals surface area contributed by atoms with E-state index in [2.05, 4.69) is 0 Å². The Hall–Kier alpha value is -1.92. The Labute approximate surface area is 141 Å². The Balaban J connectivity index is 1.71. The number of aliphatic carboxylic acids is 1. The Morgan fingerprint density at radius 1 is 1.25 bits per heavy atom. The number of ether oxygens (including phenoxy) is 2. The molecule has 2 saturated heterocycles. The molecule has 2 fully saturated rings. The third-order valence-electron chi connectivity index (χ3n) is 4.87. The summed E-state index contributed by atoms with van der Waals surface area (Å²) in [5, 5.41) is 9.15. The average Bonchev–Trinajstić information content (AvgIpc) is 3.11. The second-order valence-electron chi connectivity index (χ2n) is 6.46. The number of carboxylic acid groups (broad SMARTS) is 1. The van der Waals surface area contributed by atoms with Crippen LogP contribution in [0.2, 0.25) is 0 Å². The van der Waals surface area contributed by atoms with Gasteiger partial charge in [-0.05, 0) is 12.0 Å². The maximum atomic E-state index is 13.1. The van der Waals surface area contributed by atoms with E-state index < -0.39 is 17.5 Å². The Morgan fingerprint density at radius 3 is 2.58 bits per heavy atom. The molecule has 130 valence electrons. The lowest BCUT2D eigenvalue weighted by molar-refractivity contribution is -0.173. The number of hydrogen-bond acceptors (Lipinski definition) is 4. The van der Waals surface area contributed by atoms with E-state index in [-0.39, 0.29) is 12.5 Å². The second kappa shape index (κ2) is 7.32. The Bertz CT molecular complexity index is 582. The molecule has 24 heavy (non-hydrogen) atoms. The van der Waals surface area contributed by atoms with Crippen LogP contribution in [0.1, 0.15) is 24.8 Å². The van der Waals surface area contributed by atoms with Crippen molar-refractivity contribution in [2.75, 3.05) is 26.3 Å². The summed E-state index contributed by atoms with van der Waals surface area (Å²) in [6.45, 7) is 2.08. The van der Waals surface area contributed by atoms with E-state index in [4.69, 9.17) is 14.6 Å². The highest BCUT2D eigenvalue weighted by atomic mass is 16.5. The summed E-state index contributed by atoms with van der Waals surface area (Å²) >= 11 is 0. The van der Waals surface area contributed by atoms with Crippen LogP contribution in [-0.2, 0) is 25.7 Å². The first-order valence-electron chi connectivity index (χ1n) is 8.38. The fourth-order valence-corrected chi connectivity index (χ4v) is 3.35. The van der Waals surface area contributed by atoms with Crippen LogP contribution in [0.4, 0.5) is 0 Å². The molecule has 0 saturated carbocycles. The van der Waals surface area contributed by atoms with Crippen molar-refractivity contribution in [2.24, 2.45) is 5.92 Å². The molecular weight excluding hydrogens is 310 g/mol. The minimum absolute atomic E-state index is 0.0921. The molecule has 0 radical (unpaired) electrons. The van der Waals surface area contributed by atoms with E-state index in [1.807, 2.05) is 30.3 Å². The van der Waals surface area contributed by atoms with Crippen LogP contribution in [0, 0.1) is 5.92 Å². The lowest BCUT2D eigenvalue weighted by Crippen LogP contribution is -2.53. The van der Waals surface area contributed by atoms with Crippen LogP contribution in [0.25, 0.3) is 0 Å². The summed E-state index contributed by atoms with van der Waals surface area (Å²) in [5.41, 5.74) is 0.114. The van der Waals surface area contributed by atoms with Gasteiger partial charge in [-0.3, -0.25) is 9.59 Å².